The number of rotatable bonds is 3. The summed E-state index contributed by atoms with van der Waals surface area (Å²) in [7, 11) is 0. The summed E-state index contributed by atoms with van der Waals surface area (Å²) in [6.45, 7) is 4.75. The van der Waals surface area contributed by atoms with Crippen molar-refractivity contribution >= 4 is 28.2 Å². The molecule has 0 fully saturated rings. The highest BCUT2D eigenvalue weighted by Gasteiger charge is 2.44. The van der Waals surface area contributed by atoms with Gasteiger partial charge in [-0.15, -0.1) is 0 Å². The molecule has 1 aromatic carbocycles. The number of aromatic nitrogens is 1. The number of anilines is 1. The molecule has 0 amide bonds. The van der Waals surface area contributed by atoms with Crippen LogP contribution >= 0.6 is 0 Å². The zero-order chi connectivity index (χ0) is 20.8. The second kappa shape index (κ2) is 6.50. The number of benzene rings is 1. The number of fused-ring (bicyclic) bond motifs is 1. The number of carbonyl (C=O) groups excluding carboxylic acids is 2. The van der Waals surface area contributed by atoms with Gasteiger partial charge in [-0.05, 0) is 32.9 Å². The zero-order valence-electron chi connectivity index (χ0n) is 14.3. The van der Waals surface area contributed by atoms with Crippen molar-refractivity contribution < 1.29 is 35.9 Å². The van der Waals surface area contributed by atoms with E-state index in [9.17, 15) is 35.9 Å². The third-order valence-corrected chi connectivity index (χ3v) is 3.40. The predicted octanol–water partition coefficient (Wildman–Crippen LogP) is 4.94. The van der Waals surface area contributed by atoms with Gasteiger partial charge in [-0.25, -0.2) is 0 Å². The van der Waals surface area contributed by atoms with Crippen LogP contribution < -0.4 is 5.32 Å². The van der Waals surface area contributed by atoms with Gasteiger partial charge in [0.2, 0.25) is 0 Å². The van der Waals surface area contributed by atoms with Gasteiger partial charge < -0.3 is 5.32 Å². The minimum absolute atomic E-state index is 0.315. The van der Waals surface area contributed by atoms with Crippen LogP contribution in [0.25, 0.3) is 10.9 Å². The summed E-state index contributed by atoms with van der Waals surface area (Å²) >= 11 is 0. The van der Waals surface area contributed by atoms with E-state index < -0.39 is 40.6 Å². The van der Waals surface area contributed by atoms with Crippen molar-refractivity contribution in [2.24, 2.45) is 0 Å². The van der Waals surface area contributed by atoms with Crippen molar-refractivity contribution in [2.75, 3.05) is 5.32 Å². The number of hydrogen-bond donors (Lipinski definition) is 1. The number of carbonyl (C=O) groups is 2. The number of alkyl halides is 6. The SMILES string of the molecule is CC(C)(C)Nc1c(C(=O)C(F)(F)F)cc(C(=O)C(F)(F)F)c2cccnc12. The number of nitrogens with zero attached hydrogens (tertiary/aromatic N) is 1. The summed E-state index contributed by atoms with van der Waals surface area (Å²) in [4.78, 5) is 27.4. The highest BCUT2D eigenvalue weighted by atomic mass is 19.4. The molecule has 4 nitrogen and oxygen atoms in total. The molecule has 0 atom stereocenters. The zero-order valence-corrected chi connectivity index (χ0v) is 14.3. The lowest BCUT2D eigenvalue weighted by molar-refractivity contribution is -0.0886. The van der Waals surface area contributed by atoms with E-state index >= 15 is 0 Å². The fraction of sp³-hybridized carbons (Fsp3) is 0.353. The topological polar surface area (TPSA) is 59.1 Å². The van der Waals surface area contributed by atoms with Crippen molar-refractivity contribution in [3.8, 4) is 0 Å². The summed E-state index contributed by atoms with van der Waals surface area (Å²) in [6, 6.07) is 2.68. The van der Waals surface area contributed by atoms with Gasteiger partial charge in [-0.2, -0.15) is 26.3 Å². The highest BCUT2D eigenvalue weighted by Crippen LogP contribution is 2.37. The maximum Gasteiger partial charge on any atom is 0.454 e. The first-order valence-electron chi connectivity index (χ1n) is 7.56. The number of nitrogens with one attached hydrogen (secondary N) is 1. The summed E-state index contributed by atoms with van der Waals surface area (Å²) in [5.74, 6) is -4.74. The van der Waals surface area contributed by atoms with Crippen LogP contribution in [-0.4, -0.2) is 34.4 Å². The molecule has 1 heterocycles. The van der Waals surface area contributed by atoms with Gasteiger partial charge in [0.15, 0.2) is 0 Å². The number of ketones is 2. The van der Waals surface area contributed by atoms with Crippen LogP contribution in [0.4, 0.5) is 32.0 Å². The molecule has 0 bridgehead atoms. The Kier molecular flexibility index (Phi) is 4.98. The van der Waals surface area contributed by atoms with Gasteiger partial charge in [-0.1, -0.05) is 6.07 Å². The number of halogens is 6. The largest absolute Gasteiger partial charge is 0.454 e. The molecule has 27 heavy (non-hydrogen) atoms. The standard InChI is InChI=1S/C17H14F6N2O2/c1-15(2,3)25-12-10(14(27)17(21,22)23)7-9(13(26)16(18,19)20)8-5-4-6-24-11(8)12/h4-7,25H,1-3H3. The Bertz CT molecular complexity index is 910. The Morgan fingerprint density at radius 1 is 0.926 bits per heavy atom. The average Bonchev–Trinajstić information content (AvgIpc) is 2.51. The Hall–Kier alpha value is -2.65. The van der Waals surface area contributed by atoms with Crippen molar-refractivity contribution in [3.05, 3.63) is 35.5 Å². The number of pyridine rings is 1. The fourth-order valence-electron chi connectivity index (χ4n) is 2.42. The lowest BCUT2D eigenvalue weighted by Gasteiger charge is -2.26. The first kappa shape index (κ1) is 20.7. The monoisotopic (exact) mass is 392 g/mol. The Morgan fingerprint density at radius 2 is 1.44 bits per heavy atom. The van der Waals surface area contributed by atoms with E-state index in [1.54, 1.807) is 20.8 Å². The number of hydrogen-bond acceptors (Lipinski definition) is 4. The van der Waals surface area contributed by atoms with Crippen LogP contribution in [0.15, 0.2) is 24.4 Å². The molecule has 10 heteroatoms. The van der Waals surface area contributed by atoms with E-state index in [4.69, 9.17) is 0 Å². The Labute approximate surface area is 149 Å². The van der Waals surface area contributed by atoms with E-state index in [0.717, 1.165) is 12.3 Å². The molecule has 0 aliphatic rings. The van der Waals surface area contributed by atoms with Gasteiger partial charge >= 0.3 is 12.4 Å². The maximum atomic E-state index is 13.0. The predicted molar refractivity (Wildman–Crippen MR) is 85.9 cm³/mol. The molecule has 0 aliphatic carbocycles. The lowest BCUT2D eigenvalue weighted by Crippen LogP contribution is -2.31. The molecule has 0 aliphatic heterocycles. The molecule has 1 N–H and O–H groups in total. The molecule has 146 valence electrons. The van der Waals surface area contributed by atoms with Gasteiger partial charge in [0.05, 0.1) is 16.8 Å². The second-order valence-electron chi connectivity index (χ2n) is 6.78. The van der Waals surface area contributed by atoms with Crippen LogP contribution in [0.3, 0.4) is 0 Å². The van der Waals surface area contributed by atoms with E-state index in [0.29, 0.717) is 6.07 Å². The quantitative estimate of drug-likeness (QED) is 0.594. The molecule has 0 saturated heterocycles. The summed E-state index contributed by atoms with van der Waals surface area (Å²) in [5.41, 5.74) is -3.75. The van der Waals surface area contributed by atoms with Crippen LogP contribution in [0.2, 0.25) is 0 Å². The smallest absolute Gasteiger partial charge is 0.378 e. The summed E-state index contributed by atoms with van der Waals surface area (Å²) < 4.78 is 77.8. The third kappa shape index (κ3) is 4.37. The van der Waals surface area contributed by atoms with E-state index in [-0.39, 0.29) is 16.6 Å². The van der Waals surface area contributed by atoms with Gasteiger partial charge in [0.1, 0.15) is 0 Å². The average molecular weight is 392 g/mol. The fourth-order valence-corrected chi connectivity index (χ4v) is 2.42. The summed E-state index contributed by atoms with van der Waals surface area (Å²) in [5, 5.41) is 2.36. The van der Waals surface area contributed by atoms with Crippen LogP contribution in [0, 0.1) is 0 Å². The van der Waals surface area contributed by atoms with Crippen molar-refractivity contribution in [1.82, 2.24) is 4.98 Å². The first-order valence-corrected chi connectivity index (χ1v) is 7.56. The minimum atomic E-state index is -5.35. The molecular weight excluding hydrogens is 378 g/mol. The van der Waals surface area contributed by atoms with Crippen molar-refractivity contribution in [2.45, 2.75) is 38.7 Å². The Balaban J connectivity index is 2.94. The molecule has 2 aromatic rings. The van der Waals surface area contributed by atoms with Crippen molar-refractivity contribution in [3.63, 3.8) is 0 Å². The molecule has 0 radical (unpaired) electrons. The van der Waals surface area contributed by atoms with E-state index in [1.807, 2.05) is 0 Å². The van der Waals surface area contributed by atoms with Gasteiger partial charge in [0.25, 0.3) is 11.6 Å². The number of Topliss-reactive ketones (excluding diaryl/α,β-unsaturated/α-hetero) is 2. The van der Waals surface area contributed by atoms with Crippen LogP contribution in [-0.2, 0) is 0 Å². The molecule has 0 spiro atoms. The second-order valence-corrected chi connectivity index (χ2v) is 6.78. The lowest BCUT2D eigenvalue weighted by atomic mass is 9.95. The van der Waals surface area contributed by atoms with Gasteiger partial charge in [0, 0.05) is 22.7 Å². The van der Waals surface area contributed by atoms with Gasteiger partial charge in [-0.3, -0.25) is 14.6 Å². The minimum Gasteiger partial charge on any atom is -0.378 e. The third-order valence-electron chi connectivity index (χ3n) is 3.40. The molecule has 2 rings (SSSR count). The molecular formula is C17H14F6N2O2. The molecule has 0 saturated carbocycles. The normalized spacial score (nSPS) is 12.9. The van der Waals surface area contributed by atoms with E-state index in [1.165, 1.54) is 6.07 Å². The first-order chi connectivity index (χ1) is 12.1. The highest BCUT2D eigenvalue weighted by molar-refractivity contribution is 6.18. The van der Waals surface area contributed by atoms with E-state index in [2.05, 4.69) is 10.3 Å². The molecule has 0 unspecified atom stereocenters. The van der Waals surface area contributed by atoms with Crippen LogP contribution in [0.1, 0.15) is 41.5 Å². The molecule has 1 aromatic heterocycles. The van der Waals surface area contributed by atoms with Crippen LogP contribution in [0.5, 0.6) is 0 Å². The Morgan fingerprint density at radius 3 is 1.93 bits per heavy atom. The maximum absolute atomic E-state index is 13.0. The summed E-state index contributed by atoms with van der Waals surface area (Å²) in [6.07, 6.45) is -9.55. The van der Waals surface area contributed by atoms with Crippen molar-refractivity contribution in [1.29, 1.82) is 0 Å².